The number of nitrogens with one attached hydrogen (secondary N) is 1. The van der Waals surface area contributed by atoms with Crippen LogP contribution in [0.25, 0.3) is 5.65 Å². The van der Waals surface area contributed by atoms with E-state index in [0.717, 1.165) is 17.8 Å². The standard InChI is InChI=1S/C15H19N5O2/c1-9-7-13-17-8-12(10(2)20(13)18-9)15(22)19-6-4-5-16-14(21)11(19)3/h7-8,11H,4-6H2,1-3H3,(H,16,21). The summed E-state index contributed by atoms with van der Waals surface area (Å²) in [6.45, 7) is 6.63. The van der Waals surface area contributed by atoms with Gasteiger partial charge in [-0.25, -0.2) is 9.50 Å². The van der Waals surface area contributed by atoms with Crippen LogP contribution in [0.2, 0.25) is 0 Å². The number of carbonyl (C=O) groups is 2. The molecule has 0 saturated carbocycles. The third kappa shape index (κ3) is 2.32. The number of aromatic nitrogens is 3. The van der Waals surface area contributed by atoms with Gasteiger partial charge in [0.05, 0.1) is 17.0 Å². The van der Waals surface area contributed by atoms with Crippen molar-refractivity contribution >= 4 is 17.5 Å². The van der Waals surface area contributed by atoms with Crippen LogP contribution in [0.1, 0.15) is 35.1 Å². The van der Waals surface area contributed by atoms with Gasteiger partial charge in [-0.1, -0.05) is 0 Å². The van der Waals surface area contributed by atoms with E-state index in [2.05, 4.69) is 15.4 Å². The van der Waals surface area contributed by atoms with Crippen LogP contribution in [0.5, 0.6) is 0 Å². The number of nitrogens with zero attached hydrogens (tertiary/aromatic N) is 4. The lowest BCUT2D eigenvalue weighted by Crippen LogP contribution is -2.45. The van der Waals surface area contributed by atoms with Gasteiger partial charge in [0.15, 0.2) is 5.65 Å². The predicted molar refractivity (Wildman–Crippen MR) is 80.6 cm³/mol. The van der Waals surface area contributed by atoms with Gasteiger partial charge in [-0.2, -0.15) is 5.10 Å². The average molecular weight is 301 g/mol. The number of amides is 2. The van der Waals surface area contributed by atoms with Gasteiger partial charge < -0.3 is 10.2 Å². The minimum absolute atomic E-state index is 0.118. The molecule has 7 nitrogen and oxygen atoms in total. The molecular weight excluding hydrogens is 282 g/mol. The van der Waals surface area contributed by atoms with Crippen molar-refractivity contribution in [2.24, 2.45) is 0 Å². The first-order valence-corrected chi connectivity index (χ1v) is 7.39. The summed E-state index contributed by atoms with van der Waals surface area (Å²) in [5.41, 5.74) is 2.79. The van der Waals surface area contributed by atoms with Crippen LogP contribution in [0, 0.1) is 13.8 Å². The van der Waals surface area contributed by atoms with Crippen molar-refractivity contribution in [3.63, 3.8) is 0 Å². The van der Waals surface area contributed by atoms with E-state index < -0.39 is 6.04 Å². The van der Waals surface area contributed by atoms with E-state index >= 15 is 0 Å². The van der Waals surface area contributed by atoms with Gasteiger partial charge in [-0.05, 0) is 27.2 Å². The first kappa shape index (κ1) is 14.5. The Morgan fingerprint density at radius 3 is 2.95 bits per heavy atom. The fourth-order valence-corrected chi connectivity index (χ4v) is 2.75. The fourth-order valence-electron chi connectivity index (χ4n) is 2.75. The molecule has 1 aliphatic rings. The zero-order chi connectivity index (χ0) is 15.9. The van der Waals surface area contributed by atoms with Gasteiger partial charge >= 0.3 is 0 Å². The molecule has 3 heterocycles. The van der Waals surface area contributed by atoms with Crippen LogP contribution < -0.4 is 5.32 Å². The minimum atomic E-state index is -0.482. The first-order valence-electron chi connectivity index (χ1n) is 7.39. The molecule has 7 heteroatoms. The zero-order valence-electron chi connectivity index (χ0n) is 13.0. The summed E-state index contributed by atoms with van der Waals surface area (Å²) in [5, 5.41) is 7.17. The molecule has 0 radical (unpaired) electrons. The molecular formula is C15H19N5O2. The lowest BCUT2D eigenvalue weighted by Gasteiger charge is -2.26. The molecule has 1 saturated heterocycles. The van der Waals surface area contributed by atoms with Crippen LogP contribution in [-0.2, 0) is 4.79 Å². The van der Waals surface area contributed by atoms with Crippen molar-refractivity contribution in [1.82, 2.24) is 24.8 Å². The van der Waals surface area contributed by atoms with Gasteiger partial charge in [-0.15, -0.1) is 0 Å². The van der Waals surface area contributed by atoms with Crippen molar-refractivity contribution in [3.8, 4) is 0 Å². The number of fused-ring (bicyclic) bond motifs is 1. The van der Waals surface area contributed by atoms with E-state index in [1.807, 2.05) is 19.9 Å². The second-order valence-electron chi connectivity index (χ2n) is 5.63. The Bertz CT molecular complexity index is 752. The van der Waals surface area contributed by atoms with Crippen molar-refractivity contribution in [2.75, 3.05) is 13.1 Å². The van der Waals surface area contributed by atoms with Crippen LogP contribution in [0.15, 0.2) is 12.3 Å². The molecule has 2 amide bonds. The molecule has 116 valence electrons. The molecule has 0 aromatic carbocycles. The molecule has 2 aromatic heterocycles. The Morgan fingerprint density at radius 1 is 1.41 bits per heavy atom. The minimum Gasteiger partial charge on any atom is -0.354 e. The Kier molecular flexibility index (Phi) is 3.56. The third-order valence-corrected chi connectivity index (χ3v) is 4.06. The first-order chi connectivity index (χ1) is 10.5. The maximum atomic E-state index is 12.8. The van der Waals surface area contributed by atoms with Gasteiger partial charge in [0.1, 0.15) is 6.04 Å². The average Bonchev–Trinajstić information content (AvgIpc) is 2.79. The lowest BCUT2D eigenvalue weighted by molar-refractivity contribution is -0.124. The van der Waals surface area contributed by atoms with Gasteiger partial charge in [0.2, 0.25) is 5.91 Å². The molecule has 1 unspecified atom stereocenters. The lowest BCUT2D eigenvalue weighted by atomic mass is 10.1. The van der Waals surface area contributed by atoms with Gasteiger partial charge in [0.25, 0.3) is 5.91 Å². The van der Waals surface area contributed by atoms with Crippen LogP contribution in [-0.4, -0.2) is 50.4 Å². The smallest absolute Gasteiger partial charge is 0.257 e. The molecule has 1 fully saturated rings. The summed E-state index contributed by atoms with van der Waals surface area (Å²) in [4.78, 5) is 30.7. The zero-order valence-corrected chi connectivity index (χ0v) is 13.0. The highest BCUT2D eigenvalue weighted by Crippen LogP contribution is 2.16. The summed E-state index contributed by atoms with van der Waals surface area (Å²) in [7, 11) is 0. The van der Waals surface area contributed by atoms with E-state index in [-0.39, 0.29) is 11.8 Å². The Hall–Kier alpha value is -2.44. The van der Waals surface area contributed by atoms with Gasteiger partial charge in [0, 0.05) is 25.4 Å². The number of rotatable bonds is 1. The van der Waals surface area contributed by atoms with Crippen molar-refractivity contribution in [2.45, 2.75) is 33.2 Å². The summed E-state index contributed by atoms with van der Waals surface area (Å²) in [6.07, 6.45) is 2.32. The van der Waals surface area contributed by atoms with Crippen LogP contribution >= 0.6 is 0 Å². The maximum Gasteiger partial charge on any atom is 0.257 e. The number of hydrogen-bond donors (Lipinski definition) is 1. The normalized spacial score (nSPS) is 19.1. The second-order valence-corrected chi connectivity index (χ2v) is 5.63. The Morgan fingerprint density at radius 2 is 2.18 bits per heavy atom. The molecule has 1 aliphatic heterocycles. The fraction of sp³-hybridized carbons (Fsp3) is 0.467. The maximum absolute atomic E-state index is 12.8. The molecule has 0 bridgehead atoms. The summed E-state index contributed by atoms with van der Waals surface area (Å²) >= 11 is 0. The molecule has 1 atom stereocenters. The van der Waals surface area contributed by atoms with Crippen molar-refractivity contribution in [1.29, 1.82) is 0 Å². The van der Waals surface area contributed by atoms with Crippen LogP contribution in [0.4, 0.5) is 0 Å². The van der Waals surface area contributed by atoms with Crippen LogP contribution in [0.3, 0.4) is 0 Å². The molecule has 0 spiro atoms. The summed E-state index contributed by atoms with van der Waals surface area (Å²) in [6, 6.07) is 1.38. The highest BCUT2D eigenvalue weighted by atomic mass is 16.2. The molecule has 2 aromatic rings. The van der Waals surface area contributed by atoms with Gasteiger partial charge in [-0.3, -0.25) is 9.59 Å². The largest absolute Gasteiger partial charge is 0.354 e. The number of carbonyl (C=O) groups excluding carboxylic acids is 2. The third-order valence-electron chi connectivity index (χ3n) is 4.06. The van der Waals surface area contributed by atoms with E-state index in [1.54, 1.807) is 22.5 Å². The highest BCUT2D eigenvalue weighted by molar-refractivity contribution is 5.98. The summed E-state index contributed by atoms with van der Waals surface area (Å²) < 4.78 is 1.67. The Labute approximate surface area is 128 Å². The molecule has 22 heavy (non-hydrogen) atoms. The monoisotopic (exact) mass is 301 g/mol. The Balaban J connectivity index is 2.00. The summed E-state index contributed by atoms with van der Waals surface area (Å²) in [5.74, 6) is -0.294. The number of hydrogen-bond acceptors (Lipinski definition) is 4. The molecule has 3 rings (SSSR count). The molecule has 0 aliphatic carbocycles. The van der Waals surface area contributed by atoms with E-state index in [4.69, 9.17) is 0 Å². The van der Waals surface area contributed by atoms with E-state index in [9.17, 15) is 9.59 Å². The SMILES string of the molecule is Cc1cc2ncc(C(=O)N3CCCNC(=O)C3C)c(C)n2n1. The predicted octanol–water partition coefficient (Wildman–Crippen LogP) is 0.697. The molecule has 1 N–H and O–H groups in total. The quantitative estimate of drug-likeness (QED) is 0.841. The second kappa shape index (κ2) is 5.40. The van der Waals surface area contributed by atoms with Crippen molar-refractivity contribution < 1.29 is 9.59 Å². The van der Waals surface area contributed by atoms with Crippen molar-refractivity contribution in [3.05, 3.63) is 29.2 Å². The highest BCUT2D eigenvalue weighted by Gasteiger charge is 2.29. The van der Waals surface area contributed by atoms with E-state index in [1.165, 1.54) is 0 Å². The number of aryl methyl sites for hydroxylation is 2. The topological polar surface area (TPSA) is 79.6 Å². The van der Waals surface area contributed by atoms with E-state index in [0.29, 0.717) is 24.3 Å².